The molecule has 0 spiro atoms. The molecule has 7 heteroatoms. The highest BCUT2D eigenvalue weighted by Gasteiger charge is 2.19. The fraction of sp³-hybridized carbons (Fsp3) is 0. The van der Waals surface area contributed by atoms with Gasteiger partial charge in [-0.15, -0.1) is 0 Å². The SMILES string of the molecule is O=c1cc[nH]c2nc(-c3ccccc3F)c(-c3ccncc3F)nc12. The molecular formula is C18H10F2N4O. The second-order valence-electron chi connectivity index (χ2n) is 5.30. The van der Waals surface area contributed by atoms with Crippen LogP contribution in [0, 0.1) is 11.6 Å². The monoisotopic (exact) mass is 336 g/mol. The van der Waals surface area contributed by atoms with Crippen LogP contribution in [0.1, 0.15) is 0 Å². The Labute approximate surface area is 140 Å². The lowest BCUT2D eigenvalue weighted by atomic mass is 10.0. The normalized spacial score (nSPS) is 11.0. The van der Waals surface area contributed by atoms with Gasteiger partial charge in [0, 0.05) is 29.6 Å². The van der Waals surface area contributed by atoms with Gasteiger partial charge in [0.25, 0.3) is 0 Å². The van der Waals surface area contributed by atoms with Gasteiger partial charge in [-0.25, -0.2) is 18.7 Å². The van der Waals surface area contributed by atoms with Crippen molar-refractivity contribution in [2.24, 2.45) is 0 Å². The first-order valence-corrected chi connectivity index (χ1v) is 7.39. The number of aromatic nitrogens is 4. The molecule has 0 aliphatic carbocycles. The van der Waals surface area contributed by atoms with Crippen LogP contribution in [0.3, 0.4) is 0 Å². The average molecular weight is 336 g/mol. The third-order valence-corrected chi connectivity index (χ3v) is 3.74. The minimum absolute atomic E-state index is 0.0498. The lowest BCUT2D eigenvalue weighted by Gasteiger charge is -2.11. The van der Waals surface area contributed by atoms with Crippen LogP contribution in [0.25, 0.3) is 33.7 Å². The molecule has 4 aromatic rings. The number of halogens is 2. The van der Waals surface area contributed by atoms with E-state index in [1.165, 1.54) is 36.7 Å². The molecule has 0 saturated heterocycles. The van der Waals surface area contributed by atoms with Crippen LogP contribution in [0.4, 0.5) is 8.78 Å². The van der Waals surface area contributed by atoms with E-state index in [2.05, 4.69) is 19.9 Å². The molecule has 0 unspecified atom stereocenters. The van der Waals surface area contributed by atoms with Gasteiger partial charge in [-0.2, -0.15) is 0 Å². The van der Waals surface area contributed by atoms with Crippen molar-refractivity contribution in [2.75, 3.05) is 0 Å². The number of fused-ring (bicyclic) bond motifs is 1. The quantitative estimate of drug-likeness (QED) is 0.609. The van der Waals surface area contributed by atoms with Crippen molar-refractivity contribution >= 4 is 11.2 Å². The molecule has 3 aromatic heterocycles. The molecule has 1 N–H and O–H groups in total. The number of hydrogen-bond donors (Lipinski definition) is 1. The van der Waals surface area contributed by atoms with Crippen LogP contribution in [0.15, 0.2) is 59.8 Å². The van der Waals surface area contributed by atoms with Gasteiger partial charge in [-0.05, 0) is 18.2 Å². The number of rotatable bonds is 2. The number of aromatic amines is 1. The van der Waals surface area contributed by atoms with E-state index >= 15 is 0 Å². The van der Waals surface area contributed by atoms with Crippen molar-refractivity contribution in [3.05, 3.63) is 76.8 Å². The summed E-state index contributed by atoms with van der Waals surface area (Å²) in [5.41, 5.74) is 0.347. The average Bonchev–Trinajstić information content (AvgIpc) is 2.62. The summed E-state index contributed by atoms with van der Waals surface area (Å²) in [4.78, 5) is 27.2. The fourth-order valence-electron chi connectivity index (χ4n) is 2.58. The molecule has 0 aliphatic heterocycles. The van der Waals surface area contributed by atoms with Crippen molar-refractivity contribution in [1.29, 1.82) is 0 Å². The Balaban J connectivity index is 2.14. The minimum Gasteiger partial charge on any atom is -0.345 e. The van der Waals surface area contributed by atoms with Crippen LogP contribution in [-0.4, -0.2) is 19.9 Å². The number of hydrogen-bond acceptors (Lipinski definition) is 4. The van der Waals surface area contributed by atoms with E-state index in [1.807, 2.05) is 0 Å². The molecule has 0 aliphatic rings. The van der Waals surface area contributed by atoms with Gasteiger partial charge in [0.1, 0.15) is 17.2 Å². The number of H-pyrrole nitrogens is 1. The largest absolute Gasteiger partial charge is 0.345 e. The standard InChI is InChI=1S/C18H10F2N4O/c19-12-4-2-1-3-10(12)16-15(11-5-7-21-9-13(11)20)23-17-14(25)6-8-22-18(17)24-16/h1-9H,(H,22,24,25). The Morgan fingerprint density at radius 2 is 1.64 bits per heavy atom. The number of nitrogens with one attached hydrogen (secondary N) is 1. The van der Waals surface area contributed by atoms with E-state index in [0.29, 0.717) is 0 Å². The van der Waals surface area contributed by atoms with Crippen molar-refractivity contribution < 1.29 is 8.78 Å². The van der Waals surface area contributed by atoms with E-state index in [1.54, 1.807) is 12.1 Å². The summed E-state index contributed by atoms with van der Waals surface area (Å²) in [5.74, 6) is -1.16. The van der Waals surface area contributed by atoms with Crippen LogP contribution in [-0.2, 0) is 0 Å². The molecular weight excluding hydrogens is 326 g/mol. The Morgan fingerprint density at radius 1 is 0.880 bits per heavy atom. The minimum atomic E-state index is -0.638. The molecule has 0 amide bonds. The van der Waals surface area contributed by atoms with E-state index in [0.717, 1.165) is 6.20 Å². The second-order valence-corrected chi connectivity index (χ2v) is 5.30. The number of benzene rings is 1. The summed E-state index contributed by atoms with van der Waals surface area (Å²) in [5, 5.41) is 0. The molecule has 25 heavy (non-hydrogen) atoms. The highest BCUT2D eigenvalue weighted by Crippen LogP contribution is 2.32. The van der Waals surface area contributed by atoms with Crippen LogP contribution >= 0.6 is 0 Å². The predicted molar refractivity (Wildman–Crippen MR) is 88.7 cm³/mol. The molecule has 0 radical (unpaired) electrons. The van der Waals surface area contributed by atoms with Gasteiger partial charge in [-0.1, -0.05) is 12.1 Å². The first-order valence-electron chi connectivity index (χ1n) is 7.39. The predicted octanol–water partition coefficient (Wildman–Crippen LogP) is 3.33. The van der Waals surface area contributed by atoms with E-state index in [-0.39, 0.29) is 39.1 Å². The Bertz CT molecular complexity index is 1160. The maximum Gasteiger partial charge on any atom is 0.209 e. The topological polar surface area (TPSA) is 71.5 Å². The zero-order valence-corrected chi connectivity index (χ0v) is 12.7. The number of nitrogens with zero attached hydrogens (tertiary/aromatic N) is 3. The van der Waals surface area contributed by atoms with Gasteiger partial charge < -0.3 is 4.98 Å². The van der Waals surface area contributed by atoms with Crippen LogP contribution in [0.2, 0.25) is 0 Å². The van der Waals surface area contributed by atoms with Gasteiger partial charge in [-0.3, -0.25) is 9.78 Å². The maximum absolute atomic E-state index is 14.3. The zero-order valence-electron chi connectivity index (χ0n) is 12.7. The molecule has 0 saturated carbocycles. The molecule has 4 rings (SSSR count). The van der Waals surface area contributed by atoms with Gasteiger partial charge in [0.2, 0.25) is 5.43 Å². The molecule has 122 valence electrons. The van der Waals surface area contributed by atoms with E-state index in [4.69, 9.17) is 0 Å². The first-order chi connectivity index (χ1) is 12.1. The molecule has 0 fully saturated rings. The first kappa shape index (κ1) is 15.1. The van der Waals surface area contributed by atoms with Gasteiger partial charge >= 0.3 is 0 Å². The number of pyridine rings is 2. The van der Waals surface area contributed by atoms with Crippen LogP contribution < -0.4 is 5.43 Å². The lowest BCUT2D eigenvalue weighted by molar-refractivity contribution is 0.623. The third-order valence-electron chi connectivity index (χ3n) is 3.74. The zero-order chi connectivity index (χ0) is 17.4. The van der Waals surface area contributed by atoms with Crippen molar-refractivity contribution in [3.8, 4) is 22.5 Å². The van der Waals surface area contributed by atoms with Gasteiger partial charge in [0.15, 0.2) is 17.0 Å². The Kier molecular flexibility index (Phi) is 3.53. The molecule has 0 atom stereocenters. The molecule has 0 bridgehead atoms. The second kappa shape index (κ2) is 5.86. The molecule has 5 nitrogen and oxygen atoms in total. The highest BCUT2D eigenvalue weighted by molar-refractivity contribution is 5.84. The van der Waals surface area contributed by atoms with Gasteiger partial charge in [0.05, 0.1) is 6.20 Å². The Morgan fingerprint density at radius 3 is 2.44 bits per heavy atom. The summed E-state index contributed by atoms with van der Waals surface area (Å²) in [7, 11) is 0. The summed E-state index contributed by atoms with van der Waals surface area (Å²) in [6, 6.07) is 8.70. The van der Waals surface area contributed by atoms with E-state index in [9.17, 15) is 13.6 Å². The third kappa shape index (κ3) is 2.55. The maximum atomic E-state index is 14.3. The van der Waals surface area contributed by atoms with Crippen LogP contribution in [0.5, 0.6) is 0 Å². The Hall–Kier alpha value is -3.48. The summed E-state index contributed by atoms with van der Waals surface area (Å²) >= 11 is 0. The van der Waals surface area contributed by atoms with Crippen molar-refractivity contribution in [1.82, 2.24) is 19.9 Å². The van der Waals surface area contributed by atoms with Crippen molar-refractivity contribution in [2.45, 2.75) is 0 Å². The lowest BCUT2D eigenvalue weighted by Crippen LogP contribution is -2.07. The summed E-state index contributed by atoms with van der Waals surface area (Å²) < 4.78 is 28.6. The summed E-state index contributed by atoms with van der Waals surface area (Å²) in [6.45, 7) is 0. The molecule has 1 aromatic carbocycles. The smallest absolute Gasteiger partial charge is 0.209 e. The van der Waals surface area contributed by atoms with E-state index < -0.39 is 11.6 Å². The molecule has 3 heterocycles. The summed E-state index contributed by atoms with van der Waals surface area (Å²) in [6.07, 6.45) is 3.85. The van der Waals surface area contributed by atoms with Crippen molar-refractivity contribution in [3.63, 3.8) is 0 Å². The highest BCUT2D eigenvalue weighted by atomic mass is 19.1. The fourth-order valence-corrected chi connectivity index (χ4v) is 2.58.